The van der Waals surface area contributed by atoms with Crippen molar-refractivity contribution in [2.75, 3.05) is 10.2 Å². The van der Waals surface area contributed by atoms with Gasteiger partial charge in [0.05, 0.1) is 23.2 Å². The minimum atomic E-state index is -6.05. The number of Topliss-reactive ketones (excluding diaryl/α,β-unsaturated/α-hetero) is 1. The lowest BCUT2D eigenvalue weighted by molar-refractivity contribution is -0.288. The Balaban J connectivity index is 1.50. The fourth-order valence-corrected chi connectivity index (χ4v) is 7.33. The molecule has 0 radical (unpaired) electrons. The summed E-state index contributed by atoms with van der Waals surface area (Å²) in [4.78, 5) is 52.7. The molecule has 3 aliphatic rings. The summed E-state index contributed by atoms with van der Waals surface area (Å²) in [6.45, 7) is 1.25. The molecule has 252 valence electrons. The van der Waals surface area contributed by atoms with Crippen LogP contribution in [0.5, 0.6) is 11.5 Å². The van der Waals surface area contributed by atoms with Gasteiger partial charge in [0, 0.05) is 11.1 Å². The summed E-state index contributed by atoms with van der Waals surface area (Å²) in [5.41, 5.74) is -8.43. The van der Waals surface area contributed by atoms with Crippen molar-refractivity contribution in [1.29, 1.82) is 0 Å². The van der Waals surface area contributed by atoms with Gasteiger partial charge in [0.1, 0.15) is 11.5 Å². The minimum Gasteiger partial charge on any atom is -0.566 e. The number of imide groups is 1. The molecular weight excluding hydrogens is 656 g/mol. The normalized spacial score (nSPS) is 21.6. The molecule has 1 aliphatic heterocycles. The molecule has 0 aromatic heterocycles. The van der Waals surface area contributed by atoms with Crippen LogP contribution >= 0.6 is 0 Å². The van der Waals surface area contributed by atoms with E-state index in [9.17, 15) is 19.2 Å². The highest BCUT2D eigenvalue weighted by molar-refractivity contribution is 6.23. The van der Waals surface area contributed by atoms with Crippen LogP contribution in [0.15, 0.2) is 72.8 Å². The Morgan fingerprint density at radius 3 is 1.84 bits per heavy atom. The number of anilines is 2. The number of hydrogen-bond acceptors (Lipinski definition) is 6. The van der Waals surface area contributed by atoms with Gasteiger partial charge in [-0.2, -0.15) is 26.3 Å². The van der Waals surface area contributed by atoms with E-state index in [0.29, 0.717) is 35.6 Å². The molecule has 1 saturated heterocycles. The van der Waals surface area contributed by atoms with Crippen LogP contribution in [0.2, 0.25) is 0 Å². The zero-order valence-electron chi connectivity index (χ0n) is 26.1. The Bertz CT molecular complexity index is 1890. The van der Waals surface area contributed by atoms with Crippen LogP contribution in [0.4, 0.5) is 37.7 Å². The monoisotopic (exact) mass is 682 g/mol. The van der Waals surface area contributed by atoms with Gasteiger partial charge in [0.15, 0.2) is 5.78 Å². The number of benzene rings is 3. The molecule has 2 fully saturated rings. The summed E-state index contributed by atoms with van der Waals surface area (Å²) in [5, 5.41) is 2.30. The lowest BCUT2D eigenvalue weighted by atomic mass is 9.72. The van der Waals surface area contributed by atoms with Crippen LogP contribution in [0.3, 0.4) is 0 Å². The number of amides is 3. The molecule has 6 rings (SSSR count). The second-order valence-electron chi connectivity index (χ2n) is 12.2. The Morgan fingerprint density at radius 2 is 1.31 bits per heavy atom. The summed E-state index contributed by atoms with van der Waals surface area (Å²) in [6.07, 6.45) is -7.95. The van der Waals surface area contributed by atoms with Gasteiger partial charge in [0.25, 0.3) is 5.91 Å². The molecule has 2 aliphatic carbocycles. The maximum Gasteiger partial charge on any atom is 0.411 e. The summed E-state index contributed by atoms with van der Waals surface area (Å²) < 4.78 is 102. The predicted octanol–water partition coefficient (Wildman–Crippen LogP) is 4.72. The van der Waals surface area contributed by atoms with E-state index in [1.807, 2.05) is 0 Å². The number of halogens is 6. The maximum atomic E-state index is 15.3. The quantitative estimate of drug-likeness (QED) is 0.122. The third kappa shape index (κ3) is 5.19. The molecule has 8 nitrogen and oxygen atoms in total. The summed E-state index contributed by atoms with van der Waals surface area (Å²) in [7, 11) is 2.22. The van der Waals surface area contributed by atoms with Gasteiger partial charge in [-0.25, -0.2) is 4.90 Å². The molecule has 49 heavy (non-hydrogen) atoms. The second-order valence-corrected chi connectivity index (χ2v) is 12.2. The fraction of sp³-hybridized carbons (Fsp3) is 0.273. The van der Waals surface area contributed by atoms with E-state index in [-0.39, 0.29) is 40.2 Å². The second kappa shape index (κ2) is 11.8. The Hall–Kier alpha value is -5.01. The molecule has 1 heterocycles. The van der Waals surface area contributed by atoms with Gasteiger partial charge >= 0.3 is 28.5 Å². The van der Waals surface area contributed by atoms with Crippen molar-refractivity contribution in [2.45, 2.75) is 31.1 Å². The molecule has 3 aromatic carbocycles. The van der Waals surface area contributed by atoms with E-state index in [2.05, 4.69) is 5.32 Å². The highest BCUT2D eigenvalue weighted by atomic mass is 19.4. The van der Waals surface area contributed by atoms with E-state index in [0.717, 1.165) is 28.2 Å². The first-order chi connectivity index (χ1) is 23.0. The van der Waals surface area contributed by atoms with Crippen LogP contribution < -0.4 is 19.5 Å². The number of alkyl halides is 6. The first kappa shape index (κ1) is 33.9. The zero-order chi connectivity index (χ0) is 35.6. The Labute approximate surface area is 277 Å². The number of ketones is 1. The number of nitrogens with zero attached hydrogens (tertiary/aromatic N) is 1. The average molecular weight is 682 g/mol. The van der Waals surface area contributed by atoms with Crippen molar-refractivity contribution in [2.24, 2.45) is 23.7 Å². The fourth-order valence-electron chi connectivity index (χ4n) is 7.33. The Morgan fingerprint density at radius 1 is 0.776 bits per heavy atom. The largest absolute Gasteiger partial charge is 0.566 e. The van der Waals surface area contributed by atoms with Crippen LogP contribution in [0.25, 0.3) is 0 Å². The minimum absolute atomic E-state index is 0.0915. The molecule has 1 saturated carbocycles. The van der Waals surface area contributed by atoms with E-state index in [1.165, 1.54) is 31.2 Å². The van der Waals surface area contributed by atoms with Crippen LogP contribution in [0, 0.1) is 23.7 Å². The van der Waals surface area contributed by atoms with Gasteiger partial charge in [-0.15, -0.1) is 0 Å². The lowest BCUT2D eigenvalue weighted by Crippen LogP contribution is -2.55. The highest BCUT2D eigenvalue weighted by Crippen LogP contribution is 2.59. The molecule has 16 heteroatoms. The van der Waals surface area contributed by atoms with Crippen molar-refractivity contribution in [3.05, 3.63) is 95.1 Å². The number of carbonyl (C=O) groups excluding carboxylic acids is 4. The number of rotatable bonds is 8. The van der Waals surface area contributed by atoms with Gasteiger partial charge in [-0.05, 0) is 72.7 Å². The summed E-state index contributed by atoms with van der Waals surface area (Å²) in [6, 6.07) is 9.24. The standard InChI is InChI=1S/C33H26B2F6N2O6/c1-15(44)16-3-2-4-19(11-16)28(45)42-22-13-20(7-9-24(22)48-34)31(32(36,37)38,33(39,40)41)21-8-10-25(49-35)23(14-21)43-29(46)26-17-5-6-18(12-17)27(26)30(43)47/h2-11,13-14,17-18,26-27H,12,34-35H2,1H3,(H,42,45). The number of allylic oxidation sites excluding steroid dienone is 2. The average Bonchev–Trinajstić information content (AvgIpc) is 3.73. The maximum absolute atomic E-state index is 15.3. The molecule has 4 unspecified atom stereocenters. The van der Waals surface area contributed by atoms with Crippen molar-refractivity contribution < 1.29 is 54.8 Å². The first-order valence-corrected chi connectivity index (χ1v) is 15.0. The van der Waals surface area contributed by atoms with E-state index >= 15 is 26.3 Å². The molecule has 2 bridgehead atoms. The smallest absolute Gasteiger partial charge is 0.411 e. The van der Waals surface area contributed by atoms with Gasteiger partial charge in [0.2, 0.25) is 17.2 Å². The topological polar surface area (TPSA) is 102 Å². The zero-order valence-corrected chi connectivity index (χ0v) is 26.1. The molecular formula is C33H26B2F6N2O6. The van der Waals surface area contributed by atoms with Crippen molar-refractivity contribution in [1.82, 2.24) is 0 Å². The molecule has 0 spiro atoms. The SMILES string of the molecule is BOc1ccc(C(c2ccc(OB)c(N3C(=O)C4C5C=CC(C5)C4C3=O)c2)(C(F)(F)F)C(F)(F)F)cc1NC(=O)c1cccc(C(C)=O)c1. The lowest BCUT2D eigenvalue weighted by Gasteiger charge is -2.39. The van der Waals surface area contributed by atoms with E-state index < -0.39 is 69.8 Å². The molecule has 4 atom stereocenters. The summed E-state index contributed by atoms with van der Waals surface area (Å²) >= 11 is 0. The van der Waals surface area contributed by atoms with Crippen LogP contribution in [-0.2, 0) is 15.0 Å². The molecule has 1 N–H and O–H groups in total. The third-order valence-electron chi connectivity index (χ3n) is 9.59. The molecule has 3 amide bonds. The number of fused-ring (bicyclic) bond motifs is 5. The van der Waals surface area contributed by atoms with Crippen LogP contribution in [0.1, 0.15) is 45.2 Å². The number of carbonyl (C=O) groups is 4. The van der Waals surface area contributed by atoms with Crippen molar-refractivity contribution >= 4 is 51.0 Å². The number of hydrogen-bond donors (Lipinski definition) is 1. The first-order valence-electron chi connectivity index (χ1n) is 15.0. The van der Waals surface area contributed by atoms with Gasteiger partial charge in [-0.1, -0.05) is 36.4 Å². The Kier molecular flexibility index (Phi) is 8.19. The highest BCUT2D eigenvalue weighted by Gasteiger charge is 2.73. The van der Waals surface area contributed by atoms with Crippen molar-refractivity contribution in [3.63, 3.8) is 0 Å². The third-order valence-corrected chi connectivity index (χ3v) is 9.59. The van der Waals surface area contributed by atoms with E-state index in [1.54, 1.807) is 12.2 Å². The van der Waals surface area contributed by atoms with Crippen molar-refractivity contribution in [3.8, 4) is 11.5 Å². The molecule has 3 aromatic rings. The summed E-state index contributed by atoms with van der Waals surface area (Å²) in [5.74, 6) is -5.40. The van der Waals surface area contributed by atoms with E-state index in [4.69, 9.17) is 9.31 Å². The van der Waals surface area contributed by atoms with Gasteiger partial charge in [-0.3, -0.25) is 19.2 Å². The predicted molar refractivity (Wildman–Crippen MR) is 169 cm³/mol. The van der Waals surface area contributed by atoms with Crippen LogP contribution in [-0.4, -0.2) is 52.0 Å². The number of nitrogens with one attached hydrogen (secondary N) is 1. The van der Waals surface area contributed by atoms with Gasteiger partial charge < -0.3 is 14.6 Å².